The first-order valence-corrected chi connectivity index (χ1v) is 11.8. The monoisotopic (exact) mass is 594 g/mol. The second kappa shape index (κ2) is 10.3. The van der Waals surface area contributed by atoms with Crippen molar-refractivity contribution in [2.45, 2.75) is 12.4 Å². The summed E-state index contributed by atoms with van der Waals surface area (Å²) in [7, 11) is 0. The first-order valence-electron chi connectivity index (χ1n) is 10.3. The van der Waals surface area contributed by atoms with E-state index in [1.807, 2.05) is 0 Å². The highest BCUT2D eigenvalue weighted by molar-refractivity contribution is 6.41. The van der Waals surface area contributed by atoms with Crippen LogP contribution in [0, 0.1) is 0 Å². The van der Waals surface area contributed by atoms with E-state index in [0.717, 1.165) is 24.3 Å². The van der Waals surface area contributed by atoms with Crippen LogP contribution < -0.4 is 4.74 Å². The van der Waals surface area contributed by atoms with E-state index in [9.17, 15) is 26.3 Å². The third-order valence-corrected chi connectivity index (χ3v) is 6.71. The molecule has 0 amide bonds. The Morgan fingerprint density at radius 3 is 1.08 bits per heavy atom. The van der Waals surface area contributed by atoms with Crippen molar-refractivity contribution in [2.24, 2.45) is 0 Å². The van der Waals surface area contributed by atoms with Crippen LogP contribution in [0.5, 0.6) is 11.5 Å². The normalized spacial score (nSPS) is 12.1. The average molecular weight is 596 g/mol. The van der Waals surface area contributed by atoms with Crippen LogP contribution in [0.25, 0.3) is 22.3 Å². The van der Waals surface area contributed by atoms with Gasteiger partial charge in [-0.1, -0.05) is 70.7 Å². The van der Waals surface area contributed by atoms with E-state index in [-0.39, 0.29) is 42.7 Å². The van der Waals surface area contributed by atoms with Gasteiger partial charge in [-0.05, 0) is 59.7 Å². The Bertz CT molecular complexity index is 1340. The number of hydrogen-bond donors (Lipinski definition) is 0. The van der Waals surface area contributed by atoms with Crippen LogP contribution in [0.2, 0.25) is 20.1 Å². The Morgan fingerprint density at radius 2 is 0.784 bits per heavy atom. The summed E-state index contributed by atoms with van der Waals surface area (Å²) in [6.07, 6.45) is -9.01. The quantitative estimate of drug-likeness (QED) is 0.213. The number of alkyl halides is 6. The lowest BCUT2D eigenvalue weighted by Crippen LogP contribution is -2.04. The third-order valence-electron chi connectivity index (χ3n) is 5.33. The fourth-order valence-electron chi connectivity index (χ4n) is 3.52. The molecule has 1 nitrogen and oxygen atoms in total. The molecule has 0 saturated carbocycles. The molecular weight excluding hydrogens is 584 g/mol. The summed E-state index contributed by atoms with van der Waals surface area (Å²) in [5, 5.41) is 0.359. The average Bonchev–Trinajstić information content (AvgIpc) is 2.82. The van der Waals surface area contributed by atoms with E-state index in [2.05, 4.69) is 0 Å². The summed E-state index contributed by atoms with van der Waals surface area (Å²) in [6.45, 7) is 0. The molecular formula is C26H12Cl4F6O. The SMILES string of the molecule is FC(F)(F)c1ccc(-c2c(Cl)ccc(Oc3ccc(Cl)c(-c4ccc(C(F)(F)F)cc4)c3Cl)c2Cl)cc1. The zero-order chi connectivity index (χ0) is 27.1. The molecule has 4 aromatic rings. The van der Waals surface area contributed by atoms with Gasteiger partial charge in [0.15, 0.2) is 0 Å². The maximum Gasteiger partial charge on any atom is 0.416 e. The van der Waals surface area contributed by atoms with Gasteiger partial charge in [-0.2, -0.15) is 26.3 Å². The second-order valence-electron chi connectivity index (χ2n) is 7.72. The number of benzene rings is 4. The lowest BCUT2D eigenvalue weighted by Gasteiger charge is -2.16. The van der Waals surface area contributed by atoms with Gasteiger partial charge in [0.1, 0.15) is 11.5 Å². The Balaban J connectivity index is 1.71. The number of rotatable bonds is 4. The molecule has 11 heteroatoms. The van der Waals surface area contributed by atoms with E-state index >= 15 is 0 Å². The van der Waals surface area contributed by atoms with Crippen molar-refractivity contribution in [3.05, 3.63) is 104 Å². The minimum Gasteiger partial charge on any atom is -0.454 e. The van der Waals surface area contributed by atoms with Crippen molar-refractivity contribution < 1.29 is 31.1 Å². The molecule has 0 heterocycles. The van der Waals surface area contributed by atoms with Crippen molar-refractivity contribution in [1.82, 2.24) is 0 Å². The Kier molecular flexibility index (Phi) is 7.64. The highest BCUT2D eigenvalue weighted by atomic mass is 35.5. The Hall–Kier alpha value is -2.58. The molecule has 0 bridgehead atoms. The fourth-order valence-corrected chi connectivity index (χ4v) is 4.78. The molecule has 37 heavy (non-hydrogen) atoms. The summed E-state index contributed by atoms with van der Waals surface area (Å²) >= 11 is 25.6. The van der Waals surface area contributed by atoms with Crippen LogP contribution in [-0.4, -0.2) is 0 Å². The van der Waals surface area contributed by atoms with Crippen LogP contribution in [-0.2, 0) is 12.4 Å². The molecule has 0 aliphatic rings. The molecule has 0 N–H and O–H groups in total. The fraction of sp³-hybridized carbons (Fsp3) is 0.0769. The summed E-state index contributed by atoms with van der Waals surface area (Å²) in [6, 6.07) is 14.4. The van der Waals surface area contributed by atoms with Gasteiger partial charge in [-0.25, -0.2) is 0 Å². The Labute approximate surface area is 227 Å². The van der Waals surface area contributed by atoms with Gasteiger partial charge in [-0.15, -0.1) is 0 Å². The lowest BCUT2D eigenvalue weighted by atomic mass is 10.0. The van der Waals surface area contributed by atoms with Gasteiger partial charge in [0, 0.05) is 11.1 Å². The molecule has 192 valence electrons. The molecule has 0 fully saturated rings. The molecule has 0 spiro atoms. The van der Waals surface area contributed by atoms with E-state index in [4.69, 9.17) is 51.1 Å². The van der Waals surface area contributed by atoms with E-state index < -0.39 is 23.5 Å². The topological polar surface area (TPSA) is 9.23 Å². The summed E-state index contributed by atoms with van der Waals surface area (Å²) in [5.74, 6) is 0.173. The van der Waals surface area contributed by atoms with Crippen molar-refractivity contribution in [3.8, 4) is 33.8 Å². The van der Waals surface area contributed by atoms with Gasteiger partial charge < -0.3 is 4.74 Å². The molecule has 0 aliphatic carbocycles. The molecule has 0 atom stereocenters. The van der Waals surface area contributed by atoms with Gasteiger partial charge in [0.2, 0.25) is 0 Å². The highest BCUT2D eigenvalue weighted by Crippen LogP contribution is 2.46. The number of ether oxygens (including phenoxy) is 1. The van der Waals surface area contributed by atoms with E-state index in [1.165, 1.54) is 48.5 Å². The van der Waals surface area contributed by atoms with Crippen molar-refractivity contribution in [1.29, 1.82) is 0 Å². The minimum atomic E-state index is -4.51. The van der Waals surface area contributed by atoms with Gasteiger partial charge in [0.25, 0.3) is 0 Å². The maximum absolute atomic E-state index is 12.9. The molecule has 4 rings (SSSR count). The van der Waals surface area contributed by atoms with E-state index in [0.29, 0.717) is 11.1 Å². The number of halogens is 10. The summed E-state index contributed by atoms with van der Waals surface area (Å²) < 4.78 is 83.5. The van der Waals surface area contributed by atoms with Crippen LogP contribution in [0.15, 0.2) is 72.8 Å². The maximum atomic E-state index is 12.9. The highest BCUT2D eigenvalue weighted by Gasteiger charge is 2.31. The van der Waals surface area contributed by atoms with Crippen LogP contribution in [0.4, 0.5) is 26.3 Å². The van der Waals surface area contributed by atoms with Gasteiger partial charge in [-0.3, -0.25) is 0 Å². The van der Waals surface area contributed by atoms with Crippen molar-refractivity contribution >= 4 is 46.4 Å². The third kappa shape index (κ3) is 5.80. The predicted octanol–water partition coefficient (Wildman–Crippen LogP) is 11.5. The van der Waals surface area contributed by atoms with Gasteiger partial charge >= 0.3 is 12.4 Å². The molecule has 0 aliphatic heterocycles. The predicted molar refractivity (Wildman–Crippen MR) is 134 cm³/mol. The molecule has 0 aromatic heterocycles. The Morgan fingerprint density at radius 1 is 0.459 bits per heavy atom. The molecule has 0 radical (unpaired) electrons. The second-order valence-corrected chi connectivity index (χ2v) is 9.29. The van der Waals surface area contributed by atoms with Gasteiger partial charge in [0.05, 0.1) is 31.2 Å². The largest absolute Gasteiger partial charge is 0.454 e. The van der Waals surface area contributed by atoms with E-state index in [1.54, 1.807) is 0 Å². The van der Waals surface area contributed by atoms with Crippen LogP contribution in [0.1, 0.15) is 11.1 Å². The smallest absolute Gasteiger partial charge is 0.416 e. The summed E-state index contributed by atoms with van der Waals surface area (Å²) in [5.41, 5.74) is -0.549. The molecule has 4 aromatic carbocycles. The number of hydrogen-bond acceptors (Lipinski definition) is 1. The zero-order valence-corrected chi connectivity index (χ0v) is 21.1. The first-order chi connectivity index (χ1) is 17.3. The summed E-state index contributed by atoms with van der Waals surface area (Å²) in [4.78, 5) is 0. The molecule has 0 saturated heterocycles. The molecule has 0 unspecified atom stereocenters. The standard InChI is InChI=1S/C26H12Cl4F6O/c27-17-9-11-19(23(29)21(17)13-1-5-15(6-2-13)25(31,32)33)37-20-12-10-18(28)22(24(20)30)14-3-7-16(8-4-14)26(34,35)36/h1-12H. The first kappa shape index (κ1) is 27.5. The van der Waals surface area contributed by atoms with Crippen molar-refractivity contribution in [2.75, 3.05) is 0 Å². The van der Waals surface area contributed by atoms with Crippen molar-refractivity contribution in [3.63, 3.8) is 0 Å². The lowest BCUT2D eigenvalue weighted by molar-refractivity contribution is -0.138. The zero-order valence-electron chi connectivity index (χ0n) is 18.1. The van der Waals surface area contributed by atoms with Crippen LogP contribution in [0.3, 0.4) is 0 Å². The van der Waals surface area contributed by atoms with Crippen LogP contribution >= 0.6 is 46.4 Å². The minimum absolute atomic E-state index is 0.00866.